The molecule has 2 N–H and O–H groups in total. The van der Waals surface area contributed by atoms with Gasteiger partial charge in [-0.15, -0.1) is 0 Å². The molecule has 2 rings (SSSR count). The van der Waals surface area contributed by atoms with Crippen LogP contribution in [0, 0.1) is 6.92 Å². The average molecular weight is 284 g/mol. The van der Waals surface area contributed by atoms with Crippen LogP contribution in [-0.2, 0) is 0 Å². The van der Waals surface area contributed by atoms with Crippen LogP contribution in [0.25, 0.3) is 0 Å². The van der Waals surface area contributed by atoms with Gasteiger partial charge in [0.15, 0.2) is 0 Å². The Kier molecular flexibility index (Phi) is 4.18. The number of nitrogens with one attached hydrogen (secondary N) is 2. The van der Waals surface area contributed by atoms with Crippen molar-refractivity contribution in [2.75, 3.05) is 18.4 Å². The minimum atomic E-state index is 0.691. The first-order valence-electron chi connectivity index (χ1n) is 5.85. The van der Waals surface area contributed by atoms with E-state index >= 15 is 0 Å². The van der Waals surface area contributed by atoms with Gasteiger partial charge in [-0.1, -0.05) is 0 Å². The molecule has 1 aromatic heterocycles. The van der Waals surface area contributed by atoms with Gasteiger partial charge in [-0.3, -0.25) is 0 Å². The number of anilines is 1. The molecule has 0 bridgehead atoms. The Morgan fingerprint density at radius 3 is 3.19 bits per heavy atom. The highest BCUT2D eigenvalue weighted by atomic mass is 79.9. The smallest absolute Gasteiger partial charge is 0.140 e. The second kappa shape index (κ2) is 5.64. The summed E-state index contributed by atoms with van der Waals surface area (Å²) >= 11 is 3.52. The quantitative estimate of drug-likeness (QED) is 0.892. The molecule has 0 spiro atoms. The summed E-state index contributed by atoms with van der Waals surface area (Å²) in [5.41, 5.74) is 1.18. The van der Waals surface area contributed by atoms with Crippen molar-refractivity contribution in [2.45, 2.75) is 32.2 Å². The lowest BCUT2D eigenvalue weighted by Gasteiger charge is -2.12. The molecule has 88 valence electrons. The molecule has 3 nitrogen and oxygen atoms in total. The molecular weight excluding hydrogens is 266 g/mol. The van der Waals surface area contributed by atoms with Gasteiger partial charge in [0.1, 0.15) is 5.82 Å². The fourth-order valence-corrected chi connectivity index (χ4v) is 2.64. The summed E-state index contributed by atoms with van der Waals surface area (Å²) in [4.78, 5) is 4.36. The van der Waals surface area contributed by atoms with Crippen molar-refractivity contribution < 1.29 is 0 Å². The molecule has 0 unspecified atom stereocenters. The standard InChI is InChI=1S/C12H18BrN3/c1-9-7-11(13)12(16-8-9)15-6-4-10-3-2-5-14-10/h7-8,10,14H,2-6H2,1H3,(H,15,16)/t10-/m0/s1. The summed E-state index contributed by atoms with van der Waals surface area (Å²) in [6.45, 7) is 4.20. The largest absolute Gasteiger partial charge is 0.369 e. The molecule has 1 aliphatic heterocycles. The zero-order valence-corrected chi connectivity index (χ0v) is 11.2. The van der Waals surface area contributed by atoms with Gasteiger partial charge in [-0.2, -0.15) is 0 Å². The van der Waals surface area contributed by atoms with E-state index in [9.17, 15) is 0 Å². The first kappa shape index (κ1) is 11.9. The maximum Gasteiger partial charge on any atom is 0.140 e. The Bertz CT molecular complexity index is 348. The normalized spacial score (nSPS) is 20.0. The Labute approximate surface area is 105 Å². The minimum absolute atomic E-state index is 0.691. The first-order chi connectivity index (χ1) is 7.75. The lowest BCUT2D eigenvalue weighted by Crippen LogP contribution is -2.24. The van der Waals surface area contributed by atoms with Crippen LogP contribution in [0.1, 0.15) is 24.8 Å². The summed E-state index contributed by atoms with van der Waals surface area (Å²) in [6, 6.07) is 2.78. The lowest BCUT2D eigenvalue weighted by atomic mass is 10.1. The van der Waals surface area contributed by atoms with E-state index in [-0.39, 0.29) is 0 Å². The fraction of sp³-hybridized carbons (Fsp3) is 0.583. The monoisotopic (exact) mass is 283 g/mol. The van der Waals surface area contributed by atoms with E-state index in [2.05, 4.69) is 37.6 Å². The second-order valence-electron chi connectivity index (χ2n) is 4.35. The molecular formula is C12H18BrN3. The number of halogens is 1. The Balaban J connectivity index is 1.80. The number of aromatic nitrogens is 1. The Hall–Kier alpha value is -0.610. The zero-order valence-electron chi connectivity index (χ0n) is 9.59. The highest BCUT2D eigenvalue weighted by Gasteiger charge is 2.13. The van der Waals surface area contributed by atoms with E-state index < -0.39 is 0 Å². The molecule has 0 radical (unpaired) electrons. The van der Waals surface area contributed by atoms with Crippen molar-refractivity contribution >= 4 is 21.7 Å². The number of hydrogen-bond donors (Lipinski definition) is 2. The van der Waals surface area contributed by atoms with Crippen molar-refractivity contribution in [3.8, 4) is 0 Å². The van der Waals surface area contributed by atoms with E-state index in [1.165, 1.54) is 31.4 Å². The highest BCUT2D eigenvalue weighted by molar-refractivity contribution is 9.10. The van der Waals surface area contributed by atoms with Crippen LogP contribution in [0.15, 0.2) is 16.7 Å². The predicted molar refractivity (Wildman–Crippen MR) is 70.8 cm³/mol. The predicted octanol–water partition coefficient (Wildman–Crippen LogP) is 2.71. The zero-order chi connectivity index (χ0) is 11.4. The number of hydrogen-bond acceptors (Lipinski definition) is 3. The molecule has 1 aliphatic rings. The first-order valence-corrected chi connectivity index (χ1v) is 6.64. The van der Waals surface area contributed by atoms with Crippen molar-refractivity contribution in [1.82, 2.24) is 10.3 Å². The third kappa shape index (κ3) is 3.19. The lowest BCUT2D eigenvalue weighted by molar-refractivity contribution is 0.574. The molecule has 1 atom stereocenters. The van der Waals surface area contributed by atoms with Crippen LogP contribution in [0.3, 0.4) is 0 Å². The van der Waals surface area contributed by atoms with Gasteiger partial charge in [0, 0.05) is 18.8 Å². The second-order valence-corrected chi connectivity index (χ2v) is 5.21. The Morgan fingerprint density at radius 1 is 1.62 bits per heavy atom. The molecule has 0 aromatic carbocycles. The van der Waals surface area contributed by atoms with Crippen molar-refractivity contribution in [1.29, 1.82) is 0 Å². The van der Waals surface area contributed by atoms with Crippen LogP contribution in [0.5, 0.6) is 0 Å². The van der Waals surface area contributed by atoms with Gasteiger partial charge >= 0.3 is 0 Å². The SMILES string of the molecule is Cc1cnc(NCC[C@@H]2CCCN2)c(Br)c1. The van der Waals surface area contributed by atoms with E-state index in [0.29, 0.717) is 6.04 Å². The summed E-state index contributed by atoms with van der Waals surface area (Å²) in [5, 5.41) is 6.86. The molecule has 1 fully saturated rings. The van der Waals surface area contributed by atoms with Crippen molar-refractivity contribution in [2.24, 2.45) is 0 Å². The molecule has 0 saturated carbocycles. The van der Waals surface area contributed by atoms with Crippen LogP contribution in [0.4, 0.5) is 5.82 Å². The number of aryl methyl sites for hydroxylation is 1. The van der Waals surface area contributed by atoms with E-state index in [4.69, 9.17) is 0 Å². The Morgan fingerprint density at radius 2 is 2.50 bits per heavy atom. The number of pyridine rings is 1. The minimum Gasteiger partial charge on any atom is -0.369 e. The van der Waals surface area contributed by atoms with Gasteiger partial charge in [0.2, 0.25) is 0 Å². The summed E-state index contributed by atoms with van der Waals surface area (Å²) in [5.74, 6) is 0.948. The van der Waals surface area contributed by atoms with Crippen LogP contribution >= 0.6 is 15.9 Å². The van der Waals surface area contributed by atoms with Gasteiger partial charge in [0.25, 0.3) is 0 Å². The van der Waals surface area contributed by atoms with Crippen molar-refractivity contribution in [3.05, 3.63) is 22.3 Å². The van der Waals surface area contributed by atoms with E-state index in [0.717, 1.165) is 16.8 Å². The van der Waals surface area contributed by atoms with Gasteiger partial charge < -0.3 is 10.6 Å². The number of nitrogens with zero attached hydrogens (tertiary/aromatic N) is 1. The molecule has 1 aromatic rings. The van der Waals surface area contributed by atoms with Crippen molar-refractivity contribution in [3.63, 3.8) is 0 Å². The maximum absolute atomic E-state index is 4.36. The third-order valence-corrected chi connectivity index (χ3v) is 3.53. The third-order valence-electron chi connectivity index (χ3n) is 2.93. The summed E-state index contributed by atoms with van der Waals surface area (Å²) in [7, 11) is 0. The average Bonchev–Trinajstić information content (AvgIpc) is 2.74. The highest BCUT2D eigenvalue weighted by Crippen LogP contribution is 2.20. The van der Waals surface area contributed by atoms with E-state index in [1.54, 1.807) is 0 Å². The molecule has 0 aliphatic carbocycles. The summed E-state index contributed by atoms with van der Waals surface area (Å²) < 4.78 is 1.05. The molecule has 4 heteroatoms. The topological polar surface area (TPSA) is 37.0 Å². The molecule has 0 amide bonds. The maximum atomic E-state index is 4.36. The number of rotatable bonds is 4. The van der Waals surface area contributed by atoms with Gasteiger partial charge in [0.05, 0.1) is 4.47 Å². The molecule has 1 saturated heterocycles. The van der Waals surface area contributed by atoms with Crippen LogP contribution in [-0.4, -0.2) is 24.1 Å². The molecule has 2 heterocycles. The van der Waals surface area contributed by atoms with Gasteiger partial charge in [-0.05, 0) is 60.3 Å². The van der Waals surface area contributed by atoms with Gasteiger partial charge in [-0.25, -0.2) is 4.98 Å². The molecule has 16 heavy (non-hydrogen) atoms. The van der Waals surface area contributed by atoms with Crippen LogP contribution in [0.2, 0.25) is 0 Å². The van der Waals surface area contributed by atoms with Crippen LogP contribution < -0.4 is 10.6 Å². The summed E-state index contributed by atoms with van der Waals surface area (Å²) in [6.07, 6.45) is 5.68. The fourth-order valence-electron chi connectivity index (χ4n) is 2.03. The van der Waals surface area contributed by atoms with E-state index in [1.807, 2.05) is 13.1 Å².